The summed E-state index contributed by atoms with van der Waals surface area (Å²) in [6, 6.07) is 8.91. The average molecular weight is 426 g/mol. The number of thioether (sulfide) groups is 1. The number of aryl methyl sites for hydroxylation is 3. The number of aromatic nitrogens is 4. The molecule has 0 saturated heterocycles. The van der Waals surface area contributed by atoms with E-state index in [0.717, 1.165) is 23.4 Å². The molecule has 1 amide bonds. The topological polar surface area (TPSA) is 63.4 Å². The Bertz CT molecular complexity index is 1030. The first-order valence-corrected chi connectivity index (χ1v) is 11.4. The number of carbonyl (C=O) groups is 1. The number of nitrogens with zero attached hydrogens (tertiary/aromatic N) is 5. The molecule has 7 heteroatoms. The third kappa shape index (κ3) is 4.83. The summed E-state index contributed by atoms with van der Waals surface area (Å²) < 4.78 is 1.80. The Morgan fingerprint density at radius 3 is 2.27 bits per heavy atom. The van der Waals surface area contributed by atoms with Gasteiger partial charge in [-0.25, -0.2) is 9.50 Å². The van der Waals surface area contributed by atoms with Gasteiger partial charge in [0.25, 0.3) is 5.78 Å². The molecule has 6 nitrogen and oxygen atoms in total. The van der Waals surface area contributed by atoms with Crippen LogP contribution < -0.4 is 0 Å². The number of rotatable bonds is 7. The van der Waals surface area contributed by atoms with E-state index in [1.54, 1.807) is 4.52 Å². The molecule has 0 aliphatic carbocycles. The second-order valence-corrected chi connectivity index (χ2v) is 9.25. The zero-order valence-corrected chi connectivity index (χ0v) is 19.7. The van der Waals surface area contributed by atoms with Crippen LogP contribution in [0.25, 0.3) is 5.78 Å². The van der Waals surface area contributed by atoms with Crippen molar-refractivity contribution in [3.05, 3.63) is 52.3 Å². The molecule has 0 spiro atoms. The Labute approximate surface area is 183 Å². The van der Waals surface area contributed by atoms with E-state index in [-0.39, 0.29) is 18.0 Å². The Hall–Kier alpha value is -2.41. The second-order valence-electron chi connectivity index (χ2n) is 8.31. The van der Waals surface area contributed by atoms with Crippen LogP contribution in [0.15, 0.2) is 29.4 Å². The first kappa shape index (κ1) is 22.3. The van der Waals surface area contributed by atoms with Gasteiger partial charge >= 0.3 is 0 Å². The number of fused-ring (bicyclic) bond motifs is 1. The fourth-order valence-corrected chi connectivity index (χ4v) is 4.48. The summed E-state index contributed by atoms with van der Waals surface area (Å²) in [7, 11) is 0. The lowest BCUT2D eigenvalue weighted by Gasteiger charge is -2.30. The van der Waals surface area contributed by atoms with Gasteiger partial charge in [-0.15, -0.1) is 5.10 Å². The van der Waals surface area contributed by atoms with Crippen molar-refractivity contribution in [3.8, 4) is 0 Å². The van der Waals surface area contributed by atoms with Gasteiger partial charge in [0, 0.05) is 29.9 Å². The Morgan fingerprint density at radius 2 is 1.67 bits per heavy atom. The Kier molecular flexibility index (Phi) is 6.81. The molecule has 1 aromatic carbocycles. The summed E-state index contributed by atoms with van der Waals surface area (Å²) in [6.07, 6.45) is 0.805. The lowest BCUT2D eigenvalue weighted by atomic mass is 10.0. The summed E-state index contributed by atoms with van der Waals surface area (Å²) in [5.41, 5.74) is 5.66. The summed E-state index contributed by atoms with van der Waals surface area (Å²) in [6.45, 7) is 14.3. The fraction of sp³-hybridized carbons (Fsp3) is 0.478. The molecule has 0 aliphatic heterocycles. The highest BCUT2D eigenvalue weighted by Crippen LogP contribution is 2.21. The number of carbonyl (C=O) groups excluding carboxylic acids is 1. The highest BCUT2D eigenvalue weighted by atomic mass is 32.2. The van der Waals surface area contributed by atoms with E-state index >= 15 is 0 Å². The van der Waals surface area contributed by atoms with Gasteiger partial charge in [-0.1, -0.05) is 41.6 Å². The predicted molar refractivity (Wildman–Crippen MR) is 122 cm³/mol. The third-order valence-corrected chi connectivity index (χ3v) is 6.08. The van der Waals surface area contributed by atoms with Crippen LogP contribution in [0.4, 0.5) is 0 Å². The van der Waals surface area contributed by atoms with Crippen molar-refractivity contribution in [1.29, 1.82) is 0 Å². The van der Waals surface area contributed by atoms with E-state index in [2.05, 4.69) is 53.2 Å². The van der Waals surface area contributed by atoms with Crippen LogP contribution in [0.2, 0.25) is 0 Å². The van der Waals surface area contributed by atoms with Crippen LogP contribution >= 0.6 is 11.8 Å². The lowest BCUT2D eigenvalue weighted by Crippen LogP contribution is -2.43. The minimum absolute atomic E-state index is 0.102. The molecular formula is C23H31N5OS. The van der Waals surface area contributed by atoms with Crippen molar-refractivity contribution in [3.63, 3.8) is 0 Å². The third-order valence-electron chi connectivity index (χ3n) is 5.26. The number of benzene rings is 1. The molecule has 0 unspecified atom stereocenters. The minimum atomic E-state index is 0.102. The molecule has 0 saturated carbocycles. The van der Waals surface area contributed by atoms with E-state index in [9.17, 15) is 4.79 Å². The SMILES string of the molecule is Cc1ccc(Cc2c(C)nc3nc(SCC(=O)N(C(C)C)C(C)C)nn3c2C)cc1. The van der Waals surface area contributed by atoms with Crippen molar-refractivity contribution >= 4 is 23.4 Å². The summed E-state index contributed by atoms with van der Waals surface area (Å²) >= 11 is 1.37. The summed E-state index contributed by atoms with van der Waals surface area (Å²) in [5.74, 6) is 1.00. The predicted octanol–water partition coefficient (Wildman–Crippen LogP) is 4.38. The van der Waals surface area contributed by atoms with Crippen LogP contribution in [0.5, 0.6) is 0 Å². The molecule has 2 heterocycles. The number of hydrogen-bond acceptors (Lipinski definition) is 5. The molecule has 0 atom stereocenters. The van der Waals surface area contributed by atoms with Crippen LogP contribution in [0, 0.1) is 20.8 Å². The molecule has 3 aromatic rings. The van der Waals surface area contributed by atoms with Crippen molar-refractivity contribution in [2.75, 3.05) is 5.75 Å². The van der Waals surface area contributed by atoms with E-state index in [1.807, 2.05) is 39.5 Å². The van der Waals surface area contributed by atoms with E-state index in [4.69, 9.17) is 0 Å². The van der Waals surface area contributed by atoms with Gasteiger partial charge in [0.15, 0.2) is 0 Å². The van der Waals surface area contributed by atoms with Crippen LogP contribution in [0.1, 0.15) is 55.8 Å². The maximum atomic E-state index is 12.6. The Morgan fingerprint density at radius 1 is 1.03 bits per heavy atom. The molecule has 0 bridgehead atoms. The van der Waals surface area contributed by atoms with Crippen molar-refractivity contribution < 1.29 is 4.79 Å². The van der Waals surface area contributed by atoms with E-state index in [0.29, 0.717) is 16.7 Å². The van der Waals surface area contributed by atoms with Crippen LogP contribution in [-0.4, -0.2) is 48.2 Å². The van der Waals surface area contributed by atoms with Gasteiger partial charge in [-0.05, 0) is 59.6 Å². The molecule has 30 heavy (non-hydrogen) atoms. The Balaban J connectivity index is 1.81. The van der Waals surface area contributed by atoms with Gasteiger partial charge in [0.2, 0.25) is 11.1 Å². The zero-order chi connectivity index (χ0) is 22.0. The van der Waals surface area contributed by atoms with Crippen LogP contribution in [0.3, 0.4) is 0 Å². The molecule has 160 valence electrons. The highest BCUT2D eigenvalue weighted by Gasteiger charge is 2.21. The molecule has 3 rings (SSSR count). The van der Waals surface area contributed by atoms with E-state index < -0.39 is 0 Å². The van der Waals surface area contributed by atoms with Gasteiger partial charge in [0.1, 0.15) is 0 Å². The normalized spacial score (nSPS) is 11.6. The van der Waals surface area contributed by atoms with Crippen molar-refractivity contribution in [1.82, 2.24) is 24.5 Å². The molecular weight excluding hydrogens is 394 g/mol. The summed E-state index contributed by atoms with van der Waals surface area (Å²) in [4.78, 5) is 23.8. The van der Waals surface area contributed by atoms with Gasteiger partial charge < -0.3 is 4.90 Å². The maximum absolute atomic E-state index is 12.6. The molecule has 2 aromatic heterocycles. The van der Waals surface area contributed by atoms with E-state index in [1.165, 1.54) is 22.9 Å². The molecule has 0 fully saturated rings. The molecule has 0 N–H and O–H groups in total. The van der Waals surface area contributed by atoms with Gasteiger partial charge in [0.05, 0.1) is 5.75 Å². The van der Waals surface area contributed by atoms with Gasteiger partial charge in [-0.2, -0.15) is 4.98 Å². The monoisotopic (exact) mass is 425 g/mol. The zero-order valence-electron chi connectivity index (χ0n) is 18.9. The first-order valence-electron chi connectivity index (χ1n) is 10.4. The first-order chi connectivity index (χ1) is 14.2. The van der Waals surface area contributed by atoms with Gasteiger partial charge in [-0.3, -0.25) is 4.79 Å². The minimum Gasteiger partial charge on any atom is -0.337 e. The number of hydrogen-bond donors (Lipinski definition) is 0. The quantitative estimate of drug-likeness (QED) is 0.526. The average Bonchev–Trinajstić information content (AvgIpc) is 3.07. The maximum Gasteiger partial charge on any atom is 0.253 e. The molecule has 0 radical (unpaired) electrons. The second kappa shape index (κ2) is 9.16. The smallest absolute Gasteiger partial charge is 0.253 e. The summed E-state index contributed by atoms with van der Waals surface area (Å²) in [5, 5.41) is 5.21. The van der Waals surface area contributed by atoms with Crippen LogP contribution in [-0.2, 0) is 11.2 Å². The number of amides is 1. The van der Waals surface area contributed by atoms with Crippen molar-refractivity contribution in [2.24, 2.45) is 0 Å². The fourth-order valence-electron chi connectivity index (χ4n) is 3.79. The lowest BCUT2D eigenvalue weighted by molar-refractivity contribution is -0.131. The largest absolute Gasteiger partial charge is 0.337 e. The standard InChI is InChI=1S/C23H31N5OS/c1-14(2)27(15(3)4)21(29)13-30-23-25-22-24-17(6)20(18(7)28(22)26-23)12-19-10-8-16(5)9-11-19/h8-11,14-15H,12-13H2,1-7H3. The molecule has 0 aliphatic rings. The van der Waals surface area contributed by atoms with Crippen molar-refractivity contribution in [2.45, 2.75) is 72.1 Å². The highest BCUT2D eigenvalue weighted by molar-refractivity contribution is 7.99.